The van der Waals surface area contributed by atoms with E-state index in [0.717, 1.165) is 33.5 Å². The second kappa shape index (κ2) is 7.68. The van der Waals surface area contributed by atoms with Crippen molar-refractivity contribution in [3.63, 3.8) is 0 Å². The number of carbonyl (C=O) groups excluding carboxylic acids is 1. The van der Waals surface area contributed by atoms with Crippen molar-refractivity contribution in [1.82, 2.24) is 9.88 Å². The highest BCUT2D eigenvalue weighted by Gasteiger charge is 2.34. The Labute approximate surface area is 177 Å². The van der Waals surface area contributed by atoms with E-state index in [1.54, 1.807) is 18.3 Å². The van der Waals surface area contributed by atoms with Gasteiger partial charge in [0.2, 0.25) is 0 Å². The lowest BCUT2D eigenvalue weighted by Gasteiger charge is -2.36. The highest BCUT2D eigenvalue weighted by atomic mass is 32.1. The molecule has 1 N–H and O–H groups in total. The molecule has 30 heavy (non-hydrogen) atoms. The Morgan fingerprint density at radius 1 is 1.17 bits per heavy atom. The van der Waals surface area contributed by atoms with Gasteiger partial charge in [0.25, 0.3) is 5.91 Å². The van der Waals surface area contributed by atoms with Crippen molar-refractivity contribution in [3.05, 3.63) is 89.3 Å². The number of carbonyl (C=O) groups is 1. The van der Waals surface area contributed by atoms with E-state index in [4.69, 9.17) is 14.1 Å². The first-order chi connectivity index (χ1) is 14.7. The van der Waals surface area contributed by atoms with Crippen LogP contribution in [-0.4, -0.2) is 22.9 Å². The maximum Gasteiger partial charge on any atom is 0.258 e. The van der Waals surface area contributed by atoms with Gasteiger partial charge >= 0.3 is 0 Å². The molecule has 2 aromatic heterocycles. The Bertz CT molecular complexity index is 1190. The maximum absolute atomic E-state index is 13.3. The van der Waals surface area contributed by atoms with Gasteiger partial charge in [0.15, 0.2) is 0 Å². The van der Waals surface area contributed by atoms with E-state index in [-0.39, 0.29) is 5.91 Å². The number of fused-ring (bicyclic) bond motifs is 1. The molecule has 150 valence electrons. The second-order valence-electron chi connectivity index (χ2n) is 6.91. The van der Waals surface area contributed by atoms with Crippen LogP contribution in [0, 0.1) is 0 Å². The van der Waals surface area contributed by atoms with E-state index in [2.05, 4.69) is 5.32 Å². The third kappa shape index (κ3) is 3.33. The Hall–Kier alpha value is -3.58. The van der Waals surface area contributed by atoms with Crippen LogP contribution in [0.3, 0.4) is 0 Å². The average Bonchev–Trinajstić information content (AvgIpc) is 3.48. The standard InChI is InChI=1S/C23H19N3O3S/c1-28-16-7-4-6-15(12-16)22-25-20(14-30-22)21-24-19-10-3-2-9-18(19)23(27)26(21)13-17-8-5-11-29-17/h2-12,14,21,24H,13H2,1H3/t21-/m1/s1. The predicted octanol–water partition coefficient (Wildman–Crippen LogP) is 5.18. The lowest BCUT2D eigenvalue weighted by Crippen LogP contribution is -2.42. The number of para-hydroxylation sites is 1. The normalized spacial score (nSPS) is 15.6. The SMILES string of the molecule is COc1cccc(-c2nc([C@@H]3Nc4ccccc4C(=O)N3Cc3ccco3)cs2)c1. The fourth-order valence-electron chi connectivity index (χ4n) is 3.56. The molecule has 1 amide bonds. The molecule has 1 aliphatic rings. The van der Waals surface area contributed by atoms with Crippen molar-refractivity contribution in [2.24, 2.45) is 0 Å². The lowest BCUT2D eigenvalue weighted by molar-refractivity contribution is 0.0648. The minimum absolute atomic E-state index is 0.0540. The van der Waals surface area contributed by atoms with Gasteiger partial charge in [0, 0.05) is 16.6 Å². The number of hydrogen-bond acceptors (Lipinski definition) is 6. The second-order valence-corrected chi connectivity index (χ2v) is 7.77. The molecule has 6 nitrogen and oxygen atoms in total. The number of amides is 1. The van der Waals surface area contributed by atoms with Crippen LogP contribution in [0.25, 0.3) is 10.6 Å². The van der Waals surface area contributed by atoms with E-state index in [1.165, 1.54) is 11.3 Å². The van der Waals surface area contributed by atoms with Crippen molar-refractivity contribution in [2.75, 3.05) is 12.4 Å². The van der Waals surface area contributed by atoms with E-state index < -0.39 is 6.17 Å². The van der Waals surface area contributed by atoms with Crippen molar-refractivity contribution >= 4 is 22.9 Å². The number of anilines is 1. The summed E-state index contributed by atoms with van der Waals surface area (Å²) >= 11 is 1.54. The highest BCUT2D eigenvalue weighted by Crippen LogP contribution is 2.36. The molecule has 2 aromatic carbocycles. The summed E-state index contributed by atoms with van der Waals surface area (Å²) in [4.78, 5) is 19.9. The van der Waals surface area contributed by atoms with E-state index in [1.807, 2.05) is 66.0 Å². The van der Waals surface area contributed by atoms with E-state index in [9.17, 15) is 4.79 Å². The first-order valence-electron chi connectivity index (χ1n) is 9.52. The average molecular weight is 417 g/mol. The number of aromatic nitrogens is 1. The van der Waals surface area contributed by atoms with Crippen LogP contribution in [0.2, 0.25) is 0 Å². The number of thiazole rings is 1. The maximum atomic E-state index is 13.3. The molecule has 0 radical (unpaired) electrons. The van der Waals surface area contributed by atoms with Gasteiger partial charge in [-0.05, 0) is 36.4 Å². The Morgan fingerprint density at radius 2 is 2.07 bits per heavy atom. The molecule has 0 saturated heterocycles. The summed E-state index contributed by atoms with van der Waals surface area (Å²) in [5.41, 5.74) is 3.21. The van der Waals surface area contributed by atoms with E-state index in [0.29, 0.717) is 12.1 Å². The van der Waals surface area contributed by atoms with Crippen molar-refractivity contribution in [2.45, 2.75) is 12.7 Å². The molecule has 4 aromatic rings. The molecule has 0 saturated carbocycles. The quantitative estimate of drug-likeness (QED) is 0.485. The molecular weight excluding hydrogens is 398 g/mol. The zero-order valence-corrected chi connectivity index (χ0v) is 17.1. The van der Waals surface area contributed by atoms with Crippen molar-refractivity contribution < 1.29 is 13.9 Å². The first-order valence-corrected chi connectivity index (χ1v) is 10.4. The number of nitrogens with one attached hydrogen (secondary N) is 1. The summed E-state index contributed by atoms with van der Waals surface area (Å²) < 4.78 is 10.8. The predicted molar refractivity (Wildman–Crippen MR) is 115 cm³/mol. The molecule has 0 fully saturated rings. The summed E-state index contributed by atoms with van der Waals surface area (Å²) in [6, 6.07) is 19.0. The smallest absolute Gasteiger partial charge is 0.258 e. The molecule has 0 unspecified atom stereocenters. The number of hydrogen-bond donors (Lipinski definition) is 1. The molecule has 1 aliphatic heterocycles. The van der Waals surface area contributed by atoms with Gasteiger partial charge < -0.3 is 19.4 Å². The number of nitrogens with zero attached hydrogens (tertiary/aromatic N) is 2. The van der Waals surface area contributed by atoms with Crippen molar-refractivity contribution in [3.8, 4) is 16.3 Å². The summed E-state index contributed by atoms with van der Waals surface area (Å²) in [6.07, 6.45) is 1.22. The molecule has 5 rings (SSSR count). The fraction of sp³-hybridized carbons (Fsp3) is 0.130. The Kier molecular flexibility index (Phi) is 4.72. The summed E-state index contributed by atoms with van der Waals surface area (Å²) in [7, 11) is 1.65. The minimum Gasteiger partial charge on any atom is -0.497 e. The topological polar surface area (TPSA) is 67.6 Å². The summed E-state index contributed by atoms with van der Waals surface area (Å²) in [6.45, 7) is 0.351. The van der Waals surface area contributed by atoms with Crippen molar-refractivity contribution in [1.29, 1.82) is 0 Å². The third-order valence-corrected chi connectivity index (χ3v) is 5.96. The van der Waals surface area contributed by atoms with Crippen LogP contribution in [-0.2, 0) is 6.54 Å². The van der Waals surface area contributed by atoms with Gasteiger partial charge in [-0.3, -0.25) is 4.79 Å². The number of furan rings is 1. The molecule has 0 spiro atoms. The largest absolute Gasteiger partial charge is 0.497 e. The van der Waals surface area contributed by atoms with E-state index >= 15 is 0 Å². The van der Waals surface area contributed by atoms with Gasteiger partial charge in [-0.2, -0.15) is 0 Å². The Balaban J connectivity index is 1.52. The number of benzene rings is 2. The number of rotatable bonds is 5. The van der Waals surface area contributed by atoms with Crippen LogP contribution in [0.5, 0.6) is 5.75 Å². The fourth-order valence-corrected chi connectivity index (χ4v) is 4.40. The zero-order chi connectivity index (χ0) is 20.5. The number of ether oxygens (including phenoxy) is 1. The Morgan fingerprint density at radius 3 is 2.90 bits per heavy atom. The van der Waals surface area contributed by atoms with Gasteiger partial charge in [-0.15, -0.1) is 11.3 Å². The number of methoxy groups -OCH3 is 1. The summed E-state index contributed by atoms with van der Waals surface area (Å²) in [5.74, 6) is 1.45. The molecule has 7 heteroatoms. The lowest BCUT2D eigenvalue weighted by atomic mass is 10.1. The van der Waals surface area contributed by atoms with Gasteiger partial charge in [-0.25, -0.2) is 4.98 Å². The molecule has 0 aliphatic carbocycles. The summed E-state index contributed by atoms with van der Waals surface area (Å²) in [5, 5.41) is 6.34. The van der Waals surface area contributed by atoms with Crippen LogP contribution in [0.4, 0.5) is 5.69 Å². The first kappa shape index (κ1) is 18.4. The minimum atomic E-state index is -0.395. The highest BCUT2D eigenvalue weighted by molar-refractivity contribution is 7.13. The van der Waals surface area contributed by atoms with Gasteiger partial charge in [0.1, 0.15) is 22.7 Å². The third-order valence-electron chi connectivity index (χ3n) is 5.05. The molecule has 3 heterocycles. The van der Waals surface area contributed by atoms with Gasteiger partial charge in [-0.1, -0.05) is 24.3 Å². The van der Waals surface area contributed by atoms with Crippen LogP contribution < -0.4 is 10.1 Å². The molecule has 1 atom stereocenters. The van der Waals surface area contributed by atoms with Gasteiger partial charge in [0.05, 0.1) is 31.2 Å². The zero-order valence-electron chi connectivity index (χ0n) is 16.2. The molecule has 0 bridgehead atoms. The van der Waals surface area contributed by atoms with Crippen LogP contribution in [0.1, 0.15) is 28.0 Å². The van der Waals surface area contributed by atoms with Crippen LogP contribution in [0.15, 0.2) is 76.7 Å². The monoisotopic (exact) mass is 417 g/mol. The molecular formula is C23H19N3O3S. The van der Waals surface area contributed by atoms with Crippen LogP contribution >= 0.6 is 11.3 Å².